The maximum Gasteiger partial charge on any atom is 0.129 e. The number of benzene rings is 1. The summed E-state index contributed by atoms with van der Waals surface area (Å²) in [5, 5.41) is 10.2. The van der Waals surface area contributed by atoms with Crippen LogP contribution in [0.2, 0.25) is 0 Å². The first-order valence-corrected chi connectivity index (χ1v) is 7.87. The first kappa shape index (κ1) is 15.3. The van der Waals surface area contributed by atoms with E-state index in [1.54, 1.807) is 6.26 Å². The SMILES string of the molecule is OC(COCc1ccco1)CN(Cc1ccccc1)C1CC1. The molecular formula is C18H23NO3. The lowest BCUT2D eigenvalue weighted by Crippen LogP contribution is -2.36. The summed E-state index contributed by atoms with van der Waals surface area (Å²) >= 11 is 0. The number of ether oxygens (including phenoxy) is 1. The molecule has 1 aromatic heterocycles. The van der Waals surface area contributed by atoms with E-state index in [9.17, 15) is 5.11 Å². The van der Waals surface area contributed by atoms with E-state index >= 15 is 0 Å². The minimum absolute atomic E-state index is 0.332. The van der Waals surface area contributed by atoms with Gasteiger partial charge in [0.25, 0.3) is 0 Å². The van der Waals surface area contributed by atoms with Crippen LogP contribution >= 0.6 is 0 Å². The Bertz CT molecular complexity index is 537. The average Bonchev–Trinajstić information content (AvgIpc) is 3.25. The molecule has 22 heavy (non-hydrogen) atoms. The Balaban J connectivity index is 1.44. The van der Waals surface area contributed by atoms with Crippen LogP contribution in [0.1, 0.15) is 24.2 Å². The van der Waals surface area contributed by atoms with Crippen molar-refractivity contribution < 1.29 is 14.3 Å². The lowest BCUT2D eigenvalue weighted by Gasteiger charge is -2.25. The topological polar surface area (TPSA) is 45.8 Å². The minimum Gasteiger partial charge on any atom is -0.467 e. The third kappa shape index (κ3) is 4.70. The van der Waals surface area contributed by atoms with Crippen molar-refractivity contribution in [2.45, 2.75) is 38.1 Å². The molecule has 0 radical (unpaired) electrons. The van der Waals surface area contributed by atoms with Crippen LogP contribution in [0.3, 0.4) is 0 Å². The van der Waals surface area contributed by atoms with Gasteiger partial charge in [-0.15, -0.1) is 0 Å². The number of aliphatic hydroxyl groups excluding tert-OH is 1. The fourth-order valence-corrected chi connectivity index (χ4v) is 2.61. The van der Waals surface area contributed by atoms with Gasteiger partial charge in [-0.05, 0) is 30.5 Å². The number of nitrogens with zero attached hydrogens (tertiary/aromatic N) is 1. The number of furan rings is 1. The Kier molecular flexibility index (Phi) is 5.27. The van der Waals surface area contributed by atoms with Gasteiger partial charge in [0.05, 0.1) is 19.0 Å². The lowest BCUT2D eigenvalue weighted by molar-refractivity contribution is 0.00247. The highest BCUT2D eigenvalue weighted by Crippen LogP contribution is 2.28. The molecular weight excluding hydrogens is 278 g/mol. The van der Waals surface area contributed by atoms with Gasteiger partial charge in [-0.2, -0.15) is 0 Å². The molecule has 1 aromatic carbocycles. The lowest BCUT2D eigenvalue weighted by atomic mass is 10.2. The molecule has 1 unspecified atom stereocenters. The Morgan fingerprint density at radius 2 is 2.00 bits per heavy atom. The summed E-state index contributed by atoms with van der Waals surface area (Å²) in [5.74, 6) is 0.788. The Morgan fingerprint density at radius 1 is 1.18 bits per heavy atom. The van der Waals surface area contributed by atoms with Crippen LogP contribution in [0.25, 0.3) is 0 Å². The molecule has 0 amide bonds. The maximum atomic E-state index is 10.2. The largest absolute Gasteiger partial charge is 0.467 e. The van der Waals surface area contributed by atoms with E-state index in [0.29, 0.717) is 25.8 Å². The van der Waals surface area contributed by atoms with Crippen molar-refractivity contribution >= 4 is 0 Å². The maximum absolute atomic E-state index is 10.2. The van der Waals surface area contributed by atoms with Crippen LogP contribution in [-0.4, -0.2) is 35.3 Å². The molecule has 0 aliphatic heterocycles. The Hall–Kier alpha value is -1.62. The monoisotopic (exact) mass is 301 g/mol. The molecule has 1 atom stereocenters. The highest BCUT2D eigenvalue weighted by molar-refractivity contribution is 5.15. The fraction of sp³-hybridized carbons (Fsp3) is 0.444. The minimum atomic E-state index is -0.473. The summed E-state index contributed by atoms with van der Waals surface area (Å²) < 4.78 is 10.7. The zero-order chi connectivity index (χ0) is 15.2. The third-order valence-corrected chi connectivity index (χ3v) is 3.87. The van der Waals surface area contributed by atoms with E-state index in [4.69, 9.17) is 9.15 Å². The first-order chi connectivity index (χ1) is 10.8. The number of aliphatic hydroxyl groups is 1. The van der Waals surface area contributed by atoms with Gasteiger partial charge in [-0.25, -0.2) is 0 Å². The summed E-state index contributed by atoms with van der Waals surface area (Å²) in [6.07, 6.45) is 3.61. The van der Waals surface area contributed by atoms with E-state index in [-0.39, 0.29) is 0 Å². The molecule has 0 saturated heterocycles. The molecule has 3 rings (SSSR count). The summed E-state index contributed by atoms with van der Waals surface area (Å²) in [7, 11) is 0. The molecule has 0 bridgehead atoms. The second-order valence-electron chi connectivity index (χ2n) is 5.89. The molecule has 1 aliphatic carbocycles. The van der Waals surface area contributed by atoms with E-state index in [1.807, 2.05) is 18.2 Å². The molecule has 1 saturated carbocycles. The zero-order valence-corrected chi connectivity index (χ0v) is 12.7. The van der Waals surface area contributed by atoms with Gasteiger partial charge in [0.15, 0.2) is 0 Å². The van der Waals surface area contributed by atoms with E-state index in [2.05, 4.69) is 29.2 Å². The molecule has 2 aromatic rings. The van der Waals surface area contributed by atoms with Gasteiger partial charge in [0, 0.05) is 19.1 Å². The summed E-state index contributed by atoms with van der Waals surface area (Å²) in [6.45, 7) is 2.28. The van der Waals surface area contributed by atoms with Crippen LogP contribution in [0, 0.1) is 0 Å². The normalized spacial score (nSPS) is 16.1. The predicted molar refractivity (Wildman–Crippen MR) is 84.2 cm³/mol. The number of hydrogen-bond donors (Lipinski definition) is 1. The first-order valence-electron chi connectivity index (χ1n) is 7.87. The molecule has 4 nitrogen and oxygen atoms in total. The summed E-state index contributed by atoms with van der Waals surface area (Å²) in [6, 6.07) is 14.7. The van der Waals surface area contributed by atoms with Crippen LogP contribution in [0.4, 0.5) is 0 Å². The van der Waals surface area contributed by atoms with Gasteiger partial charge in [-0.3, -0.25) is 4.90 Å². The molecule has 118 valence electrons. The van der Waals surface area contributed by atoms with Crippen molar-refractivity contribution in [2.24, 2.45) is 0 Å². The third-order valence-electron chi connectivity index (χ3n) is 3.87. The summed E-state index contributed by atoms with van der Waals surface area (Å²) in [4.78, 5) is 2.36. The smallest absolute Gasteiger partial charge is 0.129 e. The van der Waals surface area contributed by atoms with E-state index in [1.165, 1.54) is 18.4 Å². The molecule has 1 heterocycles. The van der Waals surface area contributed by atoms with E-state index < -0.39 is 6.10 Å². The fourth-order valence-electron chi connectivity index (χ4n) is 2.61. The second kappa shape index (κ2) is 7.58. The van der Waals surface area contributed by atoms with Crippen molar-refractivity contribution in [3.05, 3.63) is 60.1 Å². The van der Waals surface area contributed by atoms with Crippen LogP contribution in [0.15, 0.2) is 53.1 Å². The second-order valence-corrected chi connectivity index (χ2v) is 5.89. The Labute approximate surface area is 131 Å². The van der Waals surface area contributed by atoms with Crippen molar-refractivity contribution in [2.75, 3.05) is 13.2 Å². The highest BCUT2D eigenvalue weighted by atomic mass is 16.5. The summed E-state index contributed by atoms with van der Waals surface area (Å²) in [5.41, 5.74) is 1.29. The average molecular weight is 301 g/mol. The standard InChI is InChI=1S/C18H23NO3/c20-17(13-21-14-18-7-4-10-22-18)12-19(16-8-9-16)11-15-5-2-1-3-6-15/h1-7,10,16-17,20H,8-9,11-14H2. The van der Waals surface area contributed by atoms with Crippen molar-refractivity contribution in [3.63, 3.8) is 0 Å². The molecule has 1 N–H and O–H groups in total. The van der Waals surface area contributed by atoms with Gasteiger partial charge in [-0.1, -0.05) is 30.3 Å². The van der Waals surface area contributed by atoms with Crippen LogP contribution < -0.4 is 0 Å². The van der Waals surface area contributed by atoms with Crippen LogP contribution in [0.5, 0.6) is 0 Å². The quantitative estimate of drug-likeness (QED) is 0.773. The highest BCUT2D eigenvalue weighted by Gasteiger charge is 2.30. The van der Waals surface area contributed by atoms with Crippen molar-refractivity contribution in [3.8, 4) is 0 Å². The van der Waals surface area contributed by atoms with Gasteiger partial charge >= 0.3 is 0 Å². The molecule has 4 heteroatoms. The molecule has 1 fully saturated rings. The predicted octanol–water partition coefficient (Wildman–Crippen LogP) is 2.82. The van der Waals surface area contributed by atoms with Gasteiger partial charge < -0.3 is 14.3 Å². The molecule has 1 aliphatic rings. The zero-order valence-electron chi connectivity index (χ0n) is 12.7. The number of hydrogen-bond acceptors (Lipinski definition) is 4. The van der Waals surface area contributed by atoms with Gasteiger partial charge in [0.1, 0.15) is 12.4 Å². The van der Waals surface area contributed by atoms with Crippen LogP contribution in [-0.2, 0) is 17.9 Å². The molecule has 0 spiro atoms. The Morgan fingerprint density at radius 3 is 2.68 bits per heavy atom. The number of rotatable bonds is 9. The van der Waals surface area contributed by atoms with Gasteiger partial charge in [0.2, 0.25) is 0 Å². The van der Waals surface area contributed by atoms with Crippen molar-refractivity contribution in [1.29, 1.82) is 0 Å². The van der Waals surface area contributed by atoms with E-state index in [0.717, 1.165) is 12.3 Å². The van der Waals surface area contributed by atoms with Crippen molar-refractivity contribution in [1.82, 2.24) is 4.90 Å².